The molecular formula is C43H54O18. The largest absolute Gasteiger partial charge is 0.511 e. The summed E-state index contributed by atoms with van der Waals surface area (Å²) < 4.78 is 64.1. The number of methoxy groups -OCH3 is 1. The van der Waals surface area contributed by atoms with E-state index in [-0.39, 0.29) is 12.0 Å². The van der Waals surface area contributed by atoms with Crippen molar-refractivity contribution in [3.8, 4) is 0 Å². The Morgan fingerprint density at radius 1 is 0.852 bits per heavy atom. The monoisotopic (exact) mass is 858 g/mol. The summed E-state index contributed by atoms with van der Waals surface area (Å²) in [6, 6.07) is 1.51. The normalized spacial score (nSPS) is 46.7. The van der Waals surface area contributed by atoms with Gasteiger partial charge in [0.15, 0.2) is 35.1 Å². The summed E-state index contributed by atoms with van der Waals surface area (Å²) in [6.45, 7) is 16.1. The Bertz CT molecular complexity index is 2150. The zero-order chi connectivity index (χ0) is 45.0. The van der Waals surface area contributed by atoms with E-state index in [1.54, 1.807) is 48.5 Å². The summed E-state index contributed by atoms with van der Waals surface area (Å²) in [4.78, 5) is 83.8. The van der Waals surface area contributed by atoms with Crippen molar-refractivity contribution in [1.29, 1.82) is 0 Å². The van der Waals surface area contributed by atoms with E-state index in [1.807, 2.05) is 0 Å². The minimum atomic E-state index is -2.63. The molecule has 2 spiro atoms. The molecule has 18 nitrogen and oxygen atoms in total. The van der Waals surface area contributed by atoms with Gasteiger partial charge in [0.2, 0.25) is 0 Å². The first-order valence-corrected chi connectivity index (χ1v) is 20.5. The lowest BCUT2D eigenvalue weighted by molar-refractivity contribution is -0.490. The molecule has 61 heavy (non-hydrogen) atoms. The van der Waals surface area contributed by atoms with Crippen LogP contribution in [-0.2, 0) is 71.4 Å². The van der Waals surface area contributed by atoms with Crippen LogP contribution < -0.4 is 0 Å². The van der Waals surface area contributed by atoms with Crippen molar-refractivity contribution in [3.63, 3.8) is 0 Å². The Hall–Kier alpha value is -4.52. The van der Waals surface area contributed by atoms with Crippen molar-refractivity contribution in [2.75, 3.05) is 7.11 Å². The molecule has 4 bridgehead atoms. The highest BCUT2D eigenvalue weighted by Crippen LogP contribution is 2.90. The number of hydrogen-bond donors (Lipinski definition) is 2. The molecular weight excluding hydrogens is 804 g/mol. The molecule has 18 heteroatoms. The number of carbonyl (C=O) groups excluding carboxylic acids is 6. The Balaban J connectivity index is 1.62. The number of rotatable bonds is 9. The van der Waals surface area contributed by atoms with Crippen LogP contribution >= 0.6 is 0 Å². The number of furan rings is 1. The second-order valence-electron chi connectivity index (χ2n) is 19.2. The maximum Gasteiger partial charge on any atom is 0.338 e. The molecule has 15 atom stereocenters. The number of ether oxygens (including phenoxy) is 9. The summed E-state index contributed by atoms with van der Waals surface area (Å²) >= 11 is 0. The van der Waals surface area contributed by atoms with E-state index < -0.39 is 152 Å². The molecule has 7 fully saturated rings. The molecule has 8 rings (SSSR count). The van der Waals surface area contributed by atoms with Gasteiger partial charge in [0, 0.05) is 62.3 Å². The summed E-state index contributed by atoms with van der Waals surface area (Å²) in [5.41, 5.74) is -15.1. The second-order valence-corrected chi connectivity index (χ2v) is 19.2. The van der Waals surface area contributed by atoms with E-state index >= 15 is 0 Å². The average molecular weight is 859 g/mol. The fraction of sp³-hybridized carbons (Fsp3) is 0.721. The van der Waals surface area contributed by atoms with Crippen molar-refractivity contribution in [2.24, 2.45) is 39.9 Å². The Morgan fingerprint density at radius 2 is 1.48 bits per heavy atom. The highest BCUT2D eigenvalue weighted by atomic mass is 16.9. The molecule has 4 aliphatic carbocycles. The zero-order valence-electron chi connectivity index (χ0n) is 36.3. The quantitative estimate of drug-likeness (QED) is 0.156. The Kier molecular flexibility index (Phi) is 9.21. The maximum atomic E-state index is 15.0. The molecule has 7 aliphatic rings. The number of carbonyl (C=O) groups is 6. The van der Waals surface area contributed by atoms with Gasteiger partial charge in [-0.1, -0.05) is 48.5 Å². The lowest BCUT2D eigenvalue weighted by atomic mass is 9.32. The number of esters is 6. The topological polar surface area (TPSA) is 239 Å². The van der Waals surface area contributed by atoms with Crippen molar-refractivity contribution in [1.82, 2.24) is 0 Å². The minimum Gasteiger partial charge on any atom is -0.511 e. The third-order valence-corrected chi connectivity index (χ3v) is 15.3. The van der Waals surface area contributed by atoms with Crippen molar-refractivity contribution >= 4 is 35.8 Å². The third kappa shape index (κ3) is 4.77. The molecule has 3 aliphatic heterocycles. The Morgan fingerprint density at radius 3 is 2.02 bits per heavy atom. The van der Waals surface area contributed by atoms with Gasteiger partial charge >= 0.3 is 35.8 Å². The van der Waals surface area contributed by atoms with Crippen LogP contribution in [0.25, 0.3) is 0 Å². The van der Waals surface area contributed by atoms with E-state index in [4.69, 9.17) is 47.0 Å². The highest BCUT2D eigenvalue weighted by Gasteiger charge is 3.07. The van der Waals surface area contributed by atoms with Crippen molar-refractivity contribution < 1.29 is 86.0 Å². The van der Waals surface area contributed by atoms with E-state index in [2.05, 4.69) is 0 Å². The highest BCUT2D eigenvalue weighted by molar-refractivity contribution is 5.92. The van der Waals surface area contributed by atoms with Gasteiger partial charge in [0.1, 0.15) is 23.6 Å². The zero-order valence-corrected chi connectivity index (χ0v) is 36.3. The van der Waals surface area contributed by atoms with Gasteiger partial charge in [-0.05, 0) is 18.4 Å². The summed E-state index contributed by atoms with van der Waals surface area (Å²) in [7, 11) is 1.19. The van der Waals surface area contributed by atoms with Gasteiger partial charge in [-0.3, -0.25) is 24.0 Å². The van der Waals surface area contributed by atoms with Crippen LogP contribution in [0.4, 0.5) is 0 Å². The van der Waals surface area contributed by atoms with Crippen LogP contribution in [0.15, 0.2) is 34.3 Å². The molecule has 1 aromatic heterocycles. The molecule has 2 N–H and O–H groups in total. The van der Waals surface area contributed by atoms with Crippen LogP contribution in [0.2, 0.25) is 0 Å². The second kappa shape index (κ2) is 13.0. The fourth-order valence-electron chi connectivity index (χ4n) is 13.7. The molecule has 0 radical (unpaired) electrons. The molecule has 334 valence electrons. The number of fused-ring (bicyclic) bond motifs is 3. The molecule has 0 aromatic carbocycles. The third-order valence-electron chi connectivity index (χ3n) is 15.3. The number of cyclic esters (lactones) is 1. The van der Waals surface area contributed by atoms with Gasteiger partial charge in [0.05, 0.1) is 36.5 Å². The van der Waals surface area contributed by atoms with Crippen LogP contribution in [-0.4, -0.2) is 106 Å². The predicted molar refractivity (Wildman–Crippen MR) is 201 cm³/mol. The first kappa shape index (κ1) is 43.1. The van der Waals surface area contributed by atoms with Crippen LogP contribution in [0.3, 0.4) is 0 Å². The maximum absolute atomic E-state index is 15.0. The van der Waals surface area contributed by atoms with Crippen molar-refractivity contribution in [2.45, 2.75) is 148 Å². The lowest BCUT2D eigenvalue weighted by Crippen LogP contribution is -2.97. The number of allylic oxidation sites excluding steroid dienone is 1. The van der Waals surface area contributed by atoms with Gasteiger partial charge < -0.3 is 57.3 Å². The van der Waals surface area contributed by atoms with E-state index in [9.17, 15) is 39.0 Å². The number of aliphatic hydroxyl groups is 2. The summed E-state index contributed by atoms with van der Waals surface area (Å²) in [6.07, 6.45) is -6.67. The van der Waals surface area contributed by atoms with Crippen LogP contribution in [0, 0.1) is 39.9 Å². The molecule has 0 amide bonds. The SMILES string of the molecule is COC(=O)C[C@H]1C2(C)CC34OC5(C)OC6([C@H]7/C(=C(/O)C(C)C)C(=O)O[C@@H](c8ccoc8)[C@]7(C)C(OC(C)=O)[C@@H](OC(C)=O)C6(O5)[C@]13C)[C@H](OC(C)=O)[C@@]4(O)C2OC(=O)C(C)C. The standard InChI is InChI=1S/C43H54O18/c1-18(2)27(48)26-28-37(9,29(57-33(26)50)23-13-14-53-16-23)30(54-20(5)44)31(55-21(6)45)43-38(10)24(15-25(47)52-12)36(8)17-40(38)41(51,34(36)58-32(49)19(3)4)35(56-22(7)46)42(28,43)60-39(11,59-40)61-43/h13-14,16,18-19,24,28-31,34-35,48,51H,15,17H2,1-12H3/b27-26-/t24-,28-,29-,30?,31+,34?,35+,36?,37+,38+,39?,40?,41-,42?,43?/m0/s1. The molecule has 4 heterocycles. The fourth-order valence-corrected chi connectivity index (χ4v) is 13.7. The smallest absolute Gasteiger partial charge is 0.338 e. The number of hydrogen-bond acceptors (Lipinski definition) is 18. The van der Waals surface area contributed by atoms with E-state index in [0.29, 0.717) is 0 Å². The van der Waals surface area contributed by atoms with Crippen molar-refractivity contribution in [3.05, 3.63) is 35.5 Å². The predicted octanol–water partition coefficient (Wildman–Crippen LogP) is 3.67. The van der Waals surface area contributed by atoms with E-state index in [0.717, 1.165) is 20.8 Å². The van der Waals surface area contributed by atoms with Crippen LogP contribution in [0.1, 0.15) is 101 Å². The van der Waals surface area contributed by atoms with Gasteiger partial charge in [-0.2, -0.15) is 0 Å². The van der Waals surface area contributed by atoms with Crippen LogP contribution in [0.5, 0.6) is 0 Å². The molecule has 1 aromatic rings. The lowest BCUT2D eigenvalue weighted by Gasteiger charge is -2.78. The van der Waals surface area contributed by atoms with E-state index in [1.165, 1.54) is 32.6 Å². The summed E-state index contributed by atoms with van der Waals surface area (Å²) in [5.74, 6) is -12.4. The van der Waals surface area contributed by atoms with Gasteiger partial charge in [0.25, 0.3) is 5.97 Å². The number of aliphatic hydroxyl groups excluding tert-OH is 1. The molecule has 7 unspecified atom stereocenters. The van der Waals surface area contributed by atoms with Gasteiger partial charge in [-0.25, -0.2) is 4.79 Å². The summed E-state index contributed by atoms with van der Waals surface area (Å²) in [5, 5.41) is 26.6. The molecule has 4 saturated carbocycles. The minimum absolute atomic E-state index is 0.185. The molecule has 3 saturated heterocycles. The Labute approximate surface area is 351 Å². The van der Waals surface area contributed by atoms with Gasteiger partial charge in [-0.15, -0.1) is 0 Å². The first-order chi connectivity index (χ1) is 28.3. The average Bonchev–Trinajstić information content (AvgIpc) is 3.86. The first-order valence-electron chi connectivity index (χ1n) is 20.5.